The maximum absolute atomic E-state index is 9.88. The minimum Gasteiger partial charge on any atom is -0.488 e. The van der Waals surface area contributed by atoms with Gasteiger partial charge in [-0.2, -0.15) is 0 Å². The zero-order chi connectivity index (χ0) is 12.7. The Morgan fingerprint density at radius 1 is 1.53 bits per heavy atom. The molecule has 0 saturated heterocycles. The van der Waals surface area contributed by atoms with E-state index in [2.05, 4.69) is 6.58 Å². The molecule has 3 heteroatoms. The van der Waals surface area contributed by atoms with Crippen LogP contribution in [-0.4, -0.2) is 17.3 Å². The van der Waals surface area contributed by atoms with Gasteiger partial charge in [-0.3, -0.25) is 0 Å². The lowest BCUT2D eigenvalue weighted by Crippen LogP contribution is -2.28. The normalized spacial score (nSPS) is 14.1. The first kappa shape index (κ1) is 14.1. The molecule has 0 amide bonds. The summed E-state index contributed by atoms with van der Waals surface area (Å²) in [6.07, 6.45) is 3.71. The molecule has 0 spiro atoms. The summed E-state index contributed by atoms with van der Waals surface area (Å²) < 4.78 is 5.63. The van der Waals surface area contributed by atoms with Gasteiger partial charge in [-0.1, -0.05) is 23.7 Å². The van der Waals surface area contributed by atoms with Gasteiger partial charge in [0, 0.05) is 5.02 Å². The predicted octanol–water partition coefficient (Wildman–Crippen LogP) is 3.82. The fraction of sp³-hybridized carbons (Fsp3) is 0.429. The van der Waals surface area contributed by atoms with Gasteiger partial charge in [0.1, 0.15) is 11.9 Å². The first-order chi connectivity index (χ1) is 8.13. The van der Waals surface area contributed by atoms with Crippen LogP contribution in [-0.2, 0) is 0 Å². The Morgan fingerprint density at radius 2 is 2.29 bits per heavy atom. The molecular weight excluding hydrogens is 236 g/mol. The third-order valence-corrected chi connectivity index (χ3v) is 2.80. The van der Waals surface area contributed by atoms with Crippen LogP contribution in [0.15, 0.2) is 36.9 Å². The second-order valence-corrected chi connectivity index (χ2v) is 4.50. The Bertz CT molecular complexity index is 352. The highest BCUT2D eigenvalue weighted by atomic mass is 35.5. The lowest BCUT2D eigenvalue weighted by atomic mass is 10.1. The summed E-state index contributed by atoms with van der Waals surface area (Å²) in [6.45, 7) is 5.51. The standard InChI is InChI=1S/C14H19ClO2/c1-3-4-5-9-14(16)11(2)17-13-8-6-7-12(15)10-13/h3,6-8,10-11,14,16H,1,4-5,9H2,2H3. The zero-order valence-corrected chi connectivity index (χ0v) is 10.9. The number of halogens is 1. The molecule has 0 aromatic heterocycles. The molecule has 94 valence electrons. The van der Waals surface area contributed by atoms with Gasteiger partial charge < -0.3 is 9.84 Å². The van der Waals surface area contributed by atoms with Crippen molar-refractivity contribution in [1.29, 1.82) is 0 Å². The van der Waals surface area contributed by atoms with E-state index < -0.39 is 6.10 Å². The first-order valence-corrected chi connectivity index (χ1v) is 6.22. The summed E-state index contributed by atoms with van der Waals surface area (Å²) in [7, 11) is 0. The molecule has 0 saturated carbocycles. The number of hydrogen-bond donors (Lipinski definition) is 1. The number of rotatable bonds is 7. The molecular formula is C14H19ClO2. The van der Waals surface area contributed by atoms with E-state index in [1.807, 2.05) is 25.1 Å². The predicted molar refractivity (Wildman–Crippen MR) is 71.6 cm³/mol. The molecule has 0 aliphatic carbocycles. The number of aliphatic hydroxyl groups is 1. The number of allylic oxidation sites excluding steroid dienone is 1. The molecule has 0 radical (unpaired) electrons. The molecule has 0 bridgehead atoms. The van der Waals surface area contributed by atoms with E-state index in [9.17, 15) is 5.11 Å². The van der Waals surface area contributed by atoms with Gasteiger partial charge in [-0.25, -0.2) is 0 Å². The molecule has 1 rings (SSSR count). The Balaban J connectivity index is 2.42. The number of benzene rings is 1. The smallest absolute Gasteiger partial charge is 0.122 e. The third-order valence-electron chi connectivity index (χ3n) is 2.57. The van der Waals surface area contributed by atoms with Crippen LogP contribution in [0.2, 0.25) is 5.02 Å². The maximum Gasteiger partial charge on any atom is 0.122 e. The monoisotopic (exact) mass is 254 g/mol. The van der Waals surface area contributed by atoms with Crippen LogP contribution in [0.3, 0.4) is 0 Å². The zero-order valence-electron chi connectivity index (χ0n) is 10.1. The van der Waals surface area contributed by atoms with Crippen LogP contribution >= 0.6 is 11.6 Å². The van der Waals surface area contributed by atoms with E-state index in [-0.39, 0.29) is 6.10 Å². The molecule has 0 heterocycles. The molecule has 0 aliphatic heterocycles. The lowest BCUT2D eigenvalue weighted by Gasteiger charge is -2.20. The molecule has 2 unspecified atom stereocenters. The third kappa shape index (κ3) is 5.24. The van der Waals surface area contributed by atoms with Gasteiger partial charge in [0.15, 0.2) is 0 Å². The average Bonchev–Trinajstić information content (AvgIpc) is 2.29. The second kappa shape index (κ2) is 7.36. The number of hydrogen-bond acceptors (Lipinski definition) is 2. The van der Waals surface area contributed by atoms with Crippen molar-refractivity contribution in [3.63, 3.8) is 0 Å². The van der Waals surface area contributed by atoms with E-state index >= 15 is 0 Å². The van der Waals surface area contributed by atoms with E-state index in [0.717, 1.165) is 12.8 Å². The Hall–Kier alpha value is -0.990. The minimum atomic E-state index is -0.464. The summed E-state index contributed by atoms with van der Waals surface area (Å²) >= 11 is 5.86. The molecule has 0 aliphatic rings. The highest BCUT2D eigenvalue weighted by Crippen LogP contribution is 2.20. The molecule has 2 atom stereocenters. The van der Waals surface area contributed by atoms with Crippen molar-refractivity contribution < 1.29 is 9.84 Å². The van der Waals surface area contributed by atoms with Crippen molar-refractivity contribution in [2.24, 2.45) is 0 Å². The van der Waals surface area contributed by atoms with Crippen molar-refractivity contribution in [3.05, 3.63) is 41.9 Å². The van der Waals surface area contributed by atoms with Gasteiger partial charge in [0.05, 0.1) is 6.10 Å². The van der Waals surface area contributed by atoms with Crippen molar-refractivity contribution in [3.8, 4) is 5.75 Å². The van der Waals surface area contributed by atoms with Crippen LogP contribution in [0.25, 0.3) is 0 Å². The molecule has 1 N–H and O–H groups in total. The van der Waals surface area contributed by atoms with E-state index in [1.54, 1.807) is 12.1 Å². The van der Waals surface area contributed by atoms with Gasteiger partial charge in [0.2, 0.25) is 0 Å². The van der Waals surface area contributed by atoms with Crippen LogP contribution in [0.4, 0.5) is 0 Å². The summed E-state index contributed by atoms with van der Waals surface area (Å²) in [5.41, 5.74) is 0. The summed E-state index contributed by atoms with van der Waals surface area (Å²) in [5.74, 6) is 0.688. The van der Waals surface area contributed by atoms with E-state index in [0.29, 0.717) is 17.2 Å². The van der Waals surface area contributed by atoms with Gasteiger partial charge in [-0.15, -0.1) is 6.58 Å². The average molecular weight is 255 g/mol. The van der Waals surface area contributed by atoms with Gasteiger partial charge in [-0.05, 0) is 44.4 Å². The van der Waals surface area contributed by atoms with Gasteiger partial charge in [0.25, 0.3) is 0 Å². The second-order valence-electron chi connectivity index (χ2n) is 4.07. The topological polar surface area (TPSA) is 29.5 Å². The van der Waals surface area contributed by atoms with Crippen molar-refractivity contribution in [2.75, 3.05) is 0 Å². The van der Waals surface area contributed by atoms with Crippen LogP contribution < -0.4 is 4.74 Å². The molecule has 1 aromatic carbocycles. The molecule has 17 heavy (non-hydrogen) atoms. The van der Waals surface area contributed by atoms with Gasteiger partial charge >= 0.3 is 0 Å². The maximum atomic E-state index is 9.88. The number of aliphatic hydroxyl groups excluding tert-OH is 1. The van der Waals surface area contributed by atoms with Crippen LogP contribution in [0.5, 0.6) is 5.75 Å². The fourth-order valence-corrected chi connectivity index (χ4v) is 1.72. The quantitative estimate of drug-likeness (QED) is 0.592. The molecule has 0 fully saturated rings. The first-order valence-electron chi connectivity index (χ1n) is 5.84. The number of ether oxygens (including phenoxy) is 1. The Labute approximate surface area is 108 Å². The summed E-state index contributed by atoms with van der Waals surface area (Å²) in [4.78, 5) is 0. The van der Waals surface area contributed by atoms with Crippen molar-refractivity contribution in [1.82, 2.24) is 0 Å². The van der Waals surface area contributed by atoms with Crippen molar-refractivity contribution in [2.45, 2.75) is 38.4 Å². The van der Waals surface area contributed by atoms with Crippen LogP contribution in [0.1, 0.15) is 26.2 Å². The van der Waals surface area contributed by atoms with E-state index in [1.165, 1.54) is 0 Å². The number of unbranched alkanes of at least 4 members (excludes halogenated alkanes) is 1. The summed E-state index contributed by atoms with van der Waals surface area (Å²) in [6, 6.07) is 7.20. The molecule has 1 aromatic rings. The Morgan fingerprint density at radius 3 is 2.94 bits per heavy atom. The lowest BCUT2D eigenvalue weighted by molar-refractivity contribution is 0.0406. The highest BCUT2D eigenvalue weighted by molar-refractivity contribution is 6.30. The van der Waals surface area contributed by atoms with E-state index in [4.69, 9.17) is 16.3 Å². The highest BCUT2D eigenvalue weighted by Gasteiger charge is 2.15. The van der Waals surface area contributed by atoms with Crippen LogP contribution in [0, 0.1) is 0 Å². The SMILES string of the molecule is C=CCCCC(O)C(C)Oc1cccc(Cl)c1. The largest absolute Gasteiger partial charge is 0.488 e. The molecule has 2 nitrogen and oxygen atoms in total. The summed E-state index contributed by atoms with van der Waals surface area (Å²) in [5, 5.41) is 10.5. The minimum absolute atomic E-state index is 0.238. The fourth-order valence-electron chi connectivity index (χ4n) is 1.54. The van der Waals surface area contributed by atoms with Crippen molar-refractivity contribution >= 4 is 11.6 Å². The Kier molecular flexibility index (Phi) is 6.09.